The van der Waals surface area contributed by atoms with E-state index in [1.807, 2.05) is 0 Å². The number of rotatable bonds is 6. The summed E-state index contributed by atoms with van der Waals surface area (Å²) in [4.78, 5) is 21.5. The Morgan fingerprint density at radius 1 is 1.34 bits per heavy atom. The number of carbonyl (C=O) groups is 1. The maximum Gasteiger partial charge on any atom is 0.274 e. The van der Waals surface area contributed by atoms with E-state index in [-0.39, 0.29) is 35.3 Å². The average Bonchev–Trinajstić information content (AvgIpc) is 2.79. The highest BCUT2D eigenvalue weighted by atomic mass is 32.2. The number of thioether (sulfide) groups is 1. The number of aliphatic hydroxyl groups is 1. The van der Waals surface area contributed by atoms with E-state index in [1.165, 1.54) is 24.0 Å². The molecule has 0 saturated carbocycles. The van der Waals surface area contributed by atoms with Crippen LogP contribution in [0.5, 0.6) is 5.75 Å². The van der Waals surface area contributed by atoms with Gasteiger partial charge in [0.15, 0.2) is 16.8 Å². The summed E-state index contributed by atoms with van der Waals surface area (Å²) in [6.45, 7) is 8.56. The molecular formula is C25H28F2N4O3S. The Morgan fingerprint density at radius 2 is 2.06 bits per heavy atom. The summed E-state index contributed by atoms with van der Waals surface area (Å²) in [7, 11) is 0. The molecule has 7 nitrogen and oxygen atoms in total. The van der Waals surface area contributed by atoms with Crippen molar-refractivity contribution in [1.82, 2.24) is 4.98 Å². The second-order valence-corrected chi connectivity index (χ2v) is 10.3. The molecule has 0 radical (unpaired) electrons. The monoisotopic (exact) mass is 502 g/mol. The van der Waals surface area contributed by atoms with Crippen molar-refractivity contribution < 1.29 is 23.4 Å². The van der Waals surface area contributed by atoms with E-state index in [0.717, 1.165) is 6.07 Å². The third-order valence-electron chi connectivity index (χ3n) is 6.34. The van der Waals surface area contributed by atoms with Crippen LogP contribution in [-0.4, -0.2) is 39.1 Å². The summed E-state index contributed by atoms with van der Waals surface area (Å²) in [5.41, 5.74) is 5.32. The summed E-state index contributed by atoms with van der Waals surface area (Å²) in [5, 5.41) is 12.7. The number of aromatic nitrogens is 1. The fraction of sp³-hybridized carbons (Fsp3) is 0.400. The van der Waals surface area contributed by atoms with E-state index in [9.17, 15) is 14.3 Å². The third-order valence-corrected chi connectivity index (χ3v) is 7.59. The first-order valence-corrected chi connectivity index (χ1v) is 11.7. The predicted octanol–water partition coefficient (Wildman–Crippen LogP) is 3.99. The van der Waals surface area contributed by atoms with Crippen LogP contribution in [0, 0.1) is 36.3 Å². The van der Waals surface area contributed by atoms with Crippen LogP contribution in [0.4, 0.5) is 14.5 Å². The van der Waals surface area contributed by atoms with Gasteiger partial charge in [0.1, 0.15) is 18.1 Å². The van der Waals surface area contributed by atoms with Crippen molar-refractivity contribution in [2.24, 2.45) is 16.6 Å². The van der Waals surface area contributed by atoms with Crippen LogP contribution >= 0.6 is 11.8 Å². The number of halogens is 2. The number of hydrogen-bond donors (Lipinski definition) is 3. The third kappa shape index (κ3) is 5.26. The zero-order chi connectivity index (χ0) is 26.0. The zero-order valence-corrected chi connectivity index (χ0v) is 21.0. The van der Waals surface area contributed by atoms with Crippen molar-refractivity contribution in [2.45, 2.75) is 44.9 Å². The first-order chi connectivity index (χ1) is 16.4. The molecule has 2 aromatic rings. The van der Waals surface area contributed by atoms with Crippen molar-refractivity contribution in [1.29, 1.82) is 0 Å². The molecule has 4 N–H and O–H groups in total. The van der Waals surface area contributed by atoms with Crippen molar-refractivity contribution in [3.05, 3.63) is 52.9 Å². The number of nitrogens with two attached hydrogens (primary N) is 1. The molecule has 0 spiro atoms. The highest BCUT2D eigenvalue weighted by molar-refractivity contribution is 8.15. The van der Waals surface area contributed by atoms with E-state index in [0.29, 0.717) is 11.3 Å². The lowest BCUT2D eigenvalue weighted by Crippen LogP contribution is -2.50. The van der Waals surface area contributed by atoms with Crippen LogP contribution in [0.1, 0.15) is 49.3 Å². The lowest BCUT2D eigenvalue weighted by molar-refractivity contribution is 0.102. The predicted molar refractivity (Wildman–Crippen MR) is 133 cm³/mol. The number of carbonyl (C=O) groups excluding carboxylic acids is 1. The first kappa shape index (κ1) is 26.4. The molecule has 0 unspecified atom stereocenters. The van der Waals surface area contributed by atoms with E-state index in [4.69, 9.17) is 10.5 Å². The maximum absolute atomic E-state index is 15.1. The number of amides is 1. The Hall–Kier alpha value is -3.16. The summed E-state index contributed by atoms with van der Waals surface area (Å²) >= 11 is 1.19. The molecule has 1 aromatic heterocycles. The van der Waals surface area contributed by atoms with E-state index in [1.54, 1.807) is 40.7 Å². The van der Waals surface area contributed by atoms with Crippen molar-refractivity contribution in [2.75, 3.05) is 18.5 Å². The van der Waals surface area contributed by atoms with Crippen LogP contribution in [0.25, 0.3) is 0 Å². The number of aryl methyl sites for hydroxylation is 1. The Labute approximate surface area is 207 Å². The minimum absolute atomic E-state index is 0.0368. The second-order valence-electron chi connectivity index (χ2n) is 8.72. The van der Waals surface area contributed by atoms with Crippen LogP contribution < -0.4 is 15.8 Å². The lowest BCUT2D eigenvalue weighted by atomic mass is 9.74. The molecule has 0 aliphatic carbocycles. The smallest absolute Gasteiger partial charge is 0.274 e. The largest absolute Gasteiger partial charge is 0.479 e. The number of amidine groups is 1. The van der Waals surface area contributed by atoms with Crippen LogP contribution in [0.3, 0.4) is 0 Å². The summed E-state index contributed by atoms with van der Waals surface area (Å²) in [6.07, 6.45) is 1.39. The molecule has 1 aliphatic rings. The number of aliphatic hydroxyl groups excluding tert-OH is 1. The van der Waals surface area contributed by atoms with Gasteiger partial charge in [0.2, 0.25) is 0 Å². The number of anilines is 1. The van der Waals surface area contributed by atoms with Crippen molar-refractivity contribution >= 4 is 28.5 Å². The quantitative estimate of drug-likeness (QED) is 0.516. The van der Waals surface area contributed by atoms with Crippen LogP contribution in [-0.2, 0) is 5.54 Å². The molecular weight excluding hydrogens is 474 g/mol. The fourth-order valence-corrected chi connectivity index (χ4v) is 5.19. The standard InChI is InChI=1S/C25H28F2N4O3S/c1-6-7-8-34-17-9-14(2)21(29-12-17)22(33)30-16-10-18(20(27)19(26)11-16)25(5)15(3)24(4,13-32)35-23(28)31-25/h9-12,15,32H,8,13H2,1-5H3,(H2,28,31)(H,30,33)/t15-,24-,25+/m1/s1. The van der Waals surface area contributed by atoms with E-state index >= 15 is 4.39 Å². The lowest BCUT2D eigenvalue weighted by Gasteiger charge is -2.46. The van der Waals surface area contributed by atoms with Gasteiger partial charge >= 0.3 is 0 Å². The van der Waals surface area contributed by atoms with Gasteiger partial charge in [-0.1, -0.05) is 24.6 Å². The first-order valence-electron chi connectivity index (χ1n) is 10.9. The molecule has 1 amide bonds. The Balaban J connectivity index is 1.95. The Bertz CT molecular complexity index is 1240. The van der Waals surface area contributed by atoms with Crippen LogP contribution in [0.2, 0.25) is 0 Å². The summed E-state index contributed by atoms with van der Waals surface area (Å²) in [5.74, 6) is 2.68. The van der Waals surface area contributed by atoms with Gasteiger partial charge in [0, 0.05) is 28.0 Å². The molecule has 0 bridgehead atoms. The van der Waals surface area contributed by atoms with E-state index < -0.39 is 33.7 Å². The number of pyridine rings is 1. The number of ether oxygens (including phenoxy) is 1. The summed E-state index contributed by atoms with van der Waals surface area (Å²) < 4.78 is 34.4. The molecule has 1 aliphatic heterocycles. The molecule has 3 atom stereocenters. The number of nitrogens with one attached hydrogen (secondary N) is 1. The van der Waals surface area contributed by atoms with Gasteiger partial charge in [-0.2, -0.15) is 0 Å². The molecule has 1 aromatic carbocycles. The highest BCUT2D eigenvalue weighted by Gasteiger charge is 2.50. The highest BCUT2D eigenvalue weighted by Crippen LogP contribution is 2.50. The molecule has 3 rings (SSSR count). The van der Waals surface area contributed by atoms with E-state index in [2.05, 4.69) is 27.1 Å². The molecule has 35 heavy (non-hydrogen) atoms. The average molecular weight is 503 g/mol. The van der Waals surface area contributed by atoms with Crippen molar-refractivity contribution in [3.63, 3.8) is 0 Å². The molecule has 0 fully saturated rings. The summed E-state index contributed by atoms with van der Waals surface area (Å²) in [6, 6.07) is 3.88. The second kappa shape index (κ2) is 10.2. The van der Waals surface area contributed by atoms with Gasteiger partial charge in [-0.05, 0) is 45.4 Å². The van der Waals surface area contributed by atoms with Gasteiger partial charge < -0.3 is 20.9 Å². The maximum atomic E-state index is 15.1. The number of aliphatic imine (C=N–C) groups is 1. The molecule has 10 heteroatoms. The minimum Gasteiger partial charge on any atom is -0.479 e. The Kier molecular flexibility index (Phi) is 7.72. The molecule has 2 heterocycles. The van der Waals surface area contributed by atoms with Gasteiger partial charge in [-0.15, -0.1) is 5.92 Å². The number of benzene rings is 1. The minimum atomic E-state index is -1.28. The van der Waals surface area contributed by atoms with Crippen LogP contribution in [0.15, 0.2) is 29.4 Å². The number of hydrogen-bond acceptors (Lipinski definition) is 7. The normalized spacial score (nSPS) is 23.7. The van der Waals surface area contributed by atoms with Crippen molar-refractivity contribution in [3.8, 4) is 17.6 Å². The van der Waals surface area contributed by atoms with Gasteiger partial charge in [-0.25, -0.2) is 13.8 Å². The SMILES string of the molecule is CC#CCOc1cnc(C(=O)Nc2cc(F)c(F)c([C@@]3(C)N=C(N)S[C@](C)(CO)[C@H]3C)c2)c(C)c1. The fourth-order valence-electron chi connectivity index (χ4n) is 4.01. The molecule has 0 saturated heterocycles. The topological polar surface area (TPSA) is 110 Å². The Morgan fingerprint density at radius 3 is 2.69 bits per heavy atom. The molecule has 186 valence electrons. The zero-order valence-electron chi connectivity index (χ0n) is 20.2. The van der Waals surface area contributed by atoms with Gasteiger partial charge in [0.25, 0.3) is 5.91 Å². The number of nitrogens with zero attached hydrogens (tertiary/aromatic N) is 2. The van der Waals surface area contributed by atoms with Gasteiger partial charge in [0.05, 0.1) is 18.3 Å². The van der Waals surface area contributed by atoms with Gasteiger partial charge in [-0.3, -0.25) is 9.79 Å².